The number of alkyl halides is 3. The predicted molar refractivity (Wildman–Crippen MR) is 162 cm³/mol. The van der Waals surface area contributed by atoms with Crippen molar-refractivity contribution < 1.29 is 26.4 Å². The van der Waals surface area contributed by atoms with Crippen molar-refractivity contribution >= 4 is 38.4 Å². The summed E-state index contributed by atoms with van der Waals surface area (Å²) in [6.45, 7) is 2.04. The van der Waals surface area contributed by atoms with Crippen LogP contribution in [0.1, 0.15) is 41.9 Å². The zero-order valence-corrected chi connectivity index (χ0v) is 26.0. The molecule has 1 amide bonds. The van der Waals surface area contributed by atoms with Crippen LogP contribution in [0.5, 0.6) is 0 Å². The first-order valence-corrected chi connectivity index (χ1v) is 15.9. The van der Waals surface area contributed by atoms with Gasteiger partial charge >= 0.3 is 6.18 Å². The Hall–Kier alpha value is -3.48. The molecule has 1 aliphatic carbocycles. The number of aryl methyl sites for hydroxylation is 1. The minimum Gasteiger partial charge on any atom is -0.355 e. The largest absolute Gasteiger partial charge is 0.395 e. The van der Waals surface area contributed by atoms with Gasteiger partial charge in [-0.15, -0.1) is 0 Å². The first kappa shape index (κ1) is 31.9. The second-order valence-electron chi connectivity index (χ2n) is 11.6. The number of carbonyl (C=O) groups is 1. The fourth-order valence-corrected chi connectivity index (χ4v) is 7.18. The Morgan fingerprint density at radius 1 is 1.09 bits per heavy atom. The molecular formula is C31H33ClF3N5O3S. The molecule has 0 spiro atoms. The summed E-state index contributed by atoms with van der Waals surface area (Å²) in [7, 11) is -0.289. The van der Waals surface area contributed by atoms with Crippen molar-refractivity contribution in [2.24, 2.45) is 5.41 Å². The zero-order chi connectivity index (χ0) is 31.9. The minimum atomic E-state index is -4.42. The van der Waals surface area contributed by atoms with E-state index in [1.807, 2.05) is 25.9 Å². The average Bonchev–Trinajstić information content (AvgIpc) is 3.68. The molecule has 2 aromatic heterocycles. The van der Waals surface area contributed by atoms with E-state index < -0.39 is 33.4 Å². The molecule has 1 fully saturated rings. The molecule has 8 nitrogen and oxygen atoms in total. The van der Waals surface area contributed by atoms with E-state index in [1.54, 1.807) is 36.4 Å². The summed E-state index contributed by atoms with van der Waals surface area (Å²) in [4.78, 5) is 19.0. The molecule has 0 bridgehead atoms. The van der Waals surface area contributed by atoms with E-state index in [0.29, 0.717) is 33.5 Å². The standard InChI is InChI=1S/C31H33ClF3N5O3S/c1-20-4-7-24(8-5-20)44(42,43)40-27-9-6-22(29(32)25(27)19-38-40)16-23(39(2)3)18-37-28(41)17-26(21-10-14-36-15-11-21)30(12-13-30)31(33,34)35/h4-11,14-15,19,23,26H,12-13,16-18H2,1-3H3,(H,37,41)/t23-,26+/m0/s1. The zero-order valence-electron chi connectivity index (χ0n) is 24.5. The third-order valence-electron chi connectivity index (χ3n) is 8.52. The normalized spacial score (nSPS) is 16.2. The highest BCUT2D eigenvalue weighted by Gasteiger charge is 2.67. The molecule has 44 heavy (non-hydrogen) atoms. The Labute approximate surface area is 259 Å². The first-order chi connectivity index (χ1) is 20.7. The van der Waals surface area contributed by atoms with Crippen LogP contribution in [0.4, 0.5) is 13.2 Å². The molecular weight excluding hydrogens is 615 g/mol. The molecule has 1 saturated carbocycles. The van der Waals surface area contributed by atoms with E-state index in [2.05, 4.69) is 15.4 Å². The Bertz CT molecular complexity index is 1760. The van der Waals surface area contributed by atoms with Gasteiger partial charge in [0, 0.05) is 42.7 Å². The van der Waals surface area contributed by atoms with Gasteiger partial charge in [0.05, 0.1) is 27.0 Å². The monoisotopic (exact) mass is 647 g/mol. The molecule has 0 radical (unpaired) electrons. The predicted octanol–water partition coefficient (Wildman–Crippen LogP) is 5.74. The van der Waals surface area contributed by atoms with E-state index >= 15 is 0 Å². The van der Waals surface area contributed by atoms with Gasteiger partial charge < -0.3 is 10.2 Å². The van der Waals surface area contributed by atoms with Crippen LogP contribution >= 0.6 is 11.6 Å². The Balaban J connectivity index is 1.31. The second kappa shape index (κ2) is 12.1. The lowest BCUT2D eigenvalue weighted by Gasteiger charge is -2.30. The summed E-state index contributed by atoms with van der Waals surface area (Å²) in [6, 6.07) is 12.7. The summed E-state index contributed by atoms with van der Waals surface area (Å²) in [6.07, 6.45) is -0.0673. The number of aromatic nitrogens is 3. The number of rotatable bonds is 11. The van der Waals surface area contributed by atoms with Crippen molar-refractivity contribution in [1.29, 1.82) is 0 Å². The van der Waals surface area contributed by atoms with Crippen LogP contribution < -0.4 is 5.32 Å². The number of hydrogen-bond acceptors (Lipinski definition) is 6. The summed E-state index contributed by atoms with van der Waals surface area (Å²) in [5.41, 5.74) is 0.500. The number of hydrogen-bond donors (Lipinski definition) is 1. The van der Waals surface area contributed by atoms with Crippen LogP contribution in [0.3, 0.4) is 0 Å². The maximum Gasteiger partial charge on any atom is 0.395 e. The fourth-order valence-electron chi connectivity index (χ4n) is 5.62. The fraction of sp³-hybridized carbons (Fsp3) is 0.387. The minimum absolute atomic E-state index is 0.0129. The second-order valence-corrected chi connectivity index (χ2v) is 13.7. The van der Waals surface area contributed by atoms with E-state index in [0.717, 1.165) is 9.65 Å². The number of pyridine rings is 1. The molecule has 0 aliphatic heterocycles. The van der Waals surface area contributed by atoms with Crippen molar-refractivity contribution in [3.05, 3.63) is 88.8 Å². The van der Waals surface area contributed by atoms with Crippen LogP contribution in [-0.4, -0.2) is 66.3 Å². The molecule has 4 aromatic rings. The lowest BCUT2D eigenvalue weighted by Crippen LogP contribution is -2.42. The smallest absolute Gasteiger partial charge is 0.355 e. The van der Waals surface area contributed by atoms with Gasteiger partial charge in [-0.2, -0.15) is 30.8 Å². The van der Waals surface area contributed by atoms with E-state index in [-0.39, 0.29) is 36.7 Å². The highest BCUT2D eigenvalue weighted by atomic mass is 35.5. The Kier molecular flexibility index (Phi) is 8.80. The summed E-state index contributed by atoms with van der Waals surface area (Å²) in [5.74, 6) is -1.48. The number of nitrogens with one attached hydrogen (secondary N) is 1. The molecule has 0 unspecified atom stereocenters. The van der Waals surface area contributed by atoms with Gasteiger partial charge in [0.25, 0.3) is 10.0 Å². The average molecular weight is 648 g/mol. The van der Waals surface area contributed by atoms with Crippen molar-refractivity contribution in [2.75, 3.05) is 20.6 Å². The van der Waals surface area contributed by atoms with Gasteiger partial charge in [-0.1, -0.05) is 35.4 Å². The van der Waals surface area contributed by atoms with E-state index in [9.17, 15) is 26.4 Å². The van der Waals surface area contributed by atoms with Gasteiger partial charge in [0.1, 0.15) is 0 Å². The van der Waals surface area contributed by atoms with Crippen LogP contribution in [0, 0.1) is 12.3 Å². The molecule has 1 N–H and O–H groups in total. The quantitative estimate of drug-likeness (QED) is 0.223. The molecule has 0 saturated heterocycles. The van der Waals surface area contributed by atoms with Crippen molar-refractivity contribution in [1.82, 2.24) is 24.4 Å². The lowest BCUT2D eigenvalue weighted by atomic mass is 9.80. The van der Waals surface area contributed by atoms with Crippen molar-refractivity contribution in [3.8, 4) is 0 Å². The number of carbonyl (C=O) groups excluding carboxylic acids is 1. The molecule has 2 heterocycles. The topological polar surface area (TPSA) is 97.2 Å². The van der Waals surface area contributed by atoms with Gasteiger partial charge in [0.15, 0.2) is 0 Å². The number of nitrogens with zero attached hydrogens (tertiary/aromatic N) is 4. The molecule has 234 valence electrons. The molecule has 13 heteroatoms. The SMILES string of the molecule is Cc1ccc(S(=O)(=O)n2ncc3c(Cl)c(C[C@@H](CNC(=O)C[C@H](c4ccncc4)C4(C(F)(F)F)CC4)N(C)C)ccc32)cc1. The van der Waals surface area contributed by atoms with Gasteiger partial charge in [0.2, 0.25) is 5.91 Å². The maximum absolute atomic E-state index is 14.1. The number of halogens is 4. The van der Waals surface area contributed by atoms with Crippen molar-refractivity contribution in [3.63, 3.8) is 0 Å². The Morgan fingerprint density at radius 2 is 1.75 bits per heavy atom. The number of benzene rings is 2. The Morgan fingerprint density at radius 3 is 2.34 bits per heavy atom. The number of amides is 1. The maximum atomic E-state index is 14.1. The van der Waals surface area contributed by atoms with Crippen LogP contribution in [-0.2, 0) is 21.2 Å². The molecule has 5 rings (SSSR count). The molecule has 1 aliphatic rings. The third kappa shape index (κ3) is 6.20. The van der Waals surface area contributed by atoms with E-state index in [4.69, 9.17) is 11.6 Å². The summed E-state index contributed by atoms with van der Waals surface area (Å²) in [5, 5.41) is 7.76. The number of fused-ring (bicyclic) bond motifs is 1. The van der Waals surface area contributed by atoms with Crippen LogP contribution in [0.25, 0.3) is 10.9 Å². The van der Waals surface area contributed by atoms with Crippen LogP contribution in [0.15, 0.2) is 72.0 Å². The highest BCUT2D eigenvalue weighted by Crippen LogP contribution is 2.66. The van der Waals surface area contributed by atoms with E-state index in [1.165, 1.54) is 30.7 Å². The van der Waals surface area contributed by atoms with Crippen LogP contribution in [0.2, 0.25) is 5.02 Å². The third-order valence-corrected chi connectivity index (χ3v) is 10.6. The lowest BCUT2D eigenvalue weighted by molar-refractivity contribution is -0.194. The summed E-state index contributed by atoms with van der Waals surface area (Å²) < 4.78 is 69.7. The van der Waals surface area contributed by atoms with Gasteiger partial charge in [-0.05, 0) is 81.7 Å². The molecule has 2 aromatic carbocycles. The van der Waals surface area contributed by atoms with Gasteiger partial charge in [-0.25, -0.2) is 0 Å². The van der Waals surface area contributed by atoms with Crippen molar-refractivity contribution in [2.45, 2.75) is 55.6 Å². The molecule has 2 atom stereocenters. The number of likely N-dealkylation sites (N-methyl/N-ethyl adjacent to an activating group) is 1. The summed E-state index contributed by atoms with van der Waals surface area (Å²) >= 11 is 6.75. The first-order valence-electron chi connectivity index (χ1n) is 14.1. The van der Waals surface area contributed by atoms with Gasteiger partial charge in [-0.3, -0.25) is 9.78 Å². The highest BCUT2D eigenvalue weighted by molar-refractivity contribution is 7.90.